The van der Waals surface area contributed by atoms with Crippen molar-refractivity contribution in [3.8, 4) is 0 Å². The molecule has 0 saturated carbocycles. The van der Waals surface area contributed by atoms with Crippen molar-refractivity contribution in [2.45, 2.75) is 71.6 Å². The normalized spacial score (nSPS) is 11.2. The van der Waals surface area contributed by atoms with E-state index in [0.717, 1.165) is 32.1 Å². The Morgan fingerprint density at radius 1 is 0.917 bits per heavy atom. The Labute approximate surface area is 148 Å². The number of ether oxygens (including phenoxy) is 1. The van der Waals surface area contributed by atoms with Gasteiger partial charge in [0, 0.05) is 6.42 Å². The molecule has 2 heteroatoms. The molecule has 0 aromatic heterocycles. The van der Waals surface area contributed by atoms with Crippen molar-refractivity contribution in [3.05, 3.63) is 54.3 Å². The van der Waals surface area contributed by atoms with Crippen LogP contribution >= 0.6 is 0 Å². The quantitative estimate of drug-likeness (QED) is 0.120. The third-order valence-electron chi connectivity index (χ3n) is 3.31. The lowest BCUT2D eigenvalue weighted by Gasteiger charge is -1.98. The van der Waals surface area contributed by atoms with E-state index in [2.05, 4.69) is 49.1 Å². The van der Waals surface area contributed by atoms with E-state index in [1.54, 1.807) is 0 Å². The number of allylic oxidation sites excluding steroid dienone is 7. The van der Waals surface area contributed by atoms with Crippen LogP contribution in [0.25, 0.3) is 0 Å². The zero-order valence-corrected chi connectivity index (χ0v) is 15.5. The van der Waals surface area contributed by atoms with Crippen LogP contribution in [0.1, 0.15) is 71.6 Å². The maximum absolute atomic E-state index is 11.1. The van der Waals surface area contributed by atoms with E-state index < -0.39 is 0 Å². The SMILES string of the molecule is CC/C=C/CCCCC=C=C/C=C/C/C=C/CCCC(=O)OCC. The second kappa shape index (κ2) is 19.3. The first kappa shape index (κ1) is 22.2. The van der Waals surface area contributed by atoms with Gasteiger partial charge in [0.05, 0.1) is 6.61 Å². The highest BCUT2D eigenvalue weighted by Gasteiger charge is 1.98. The lowest BCUT2D eigenvalue weighted by molar-refractivity contribution is -0.143. The lowest BCUT2D eigenvalue weighted by Crippen LogP contribution is -2.02. The van der Waals surface area contributed by atoms with E-state index in [1.165, 1.54) is 19.3 Å². The molecule has 0 atom stereocenters. The minimum atomic E-state index is -0.0971. The maximum atomic E-state index is 11.1. The molecule has 0 aliphatic heterocycles. The fraction of sp³-hybridized carbons (Fsp3) is 0.545. The highest BCUT2D eigenvalue weighted by Crippen LogP contribution is 2.02. The molecule has 0 rings (SSSR count). The number of esters is 1. The topological polar surface area (TPSA) is 26.3 Å². The second-order valence-electron chi connectivity index (χ2n) is 5.53. The maximum Gasteiger partial charge on any atom is 0.305 e. The molecule has 0 saturated heterocycles. The summed E-state index contributed by atoms with van der Waals surface area (Å²) in [4.78, 5) is 11.1. The van der Waals surface area contributed by atoms with E-state index in [9.17, 15) is 4.79 Å². The first-order chi connectivity index (χ1) is 11.8. The van der Waals surface area contributed by atoms with Crippen LogP contribution in [0, 0.1) is 0 Å². The van der Waals surface area contributed by atoms with Crippen LogP contribution in [0.5, 0.6) is 0 Å². The zero-order chi connectivity index (χ0) is 17.7. The first-order valence-corrected chi connectivity index (χ1v) is 9.32. The molecule has 24 heavy (non-hydrogen) atoms. The number of carbonyl (C=O) groups is 1. The van der Waals surface area contributed by atoms with Gasteiger partial charge in [-0.2, -0.15) is 0 Å². The molecule has 0 aromatic carbocycles. The molecule has 0 fully saturated rings. The predicted molar refractivity (Wildman–Crippen MR) is 104 cm³/mol. The van der Waals surface area contributed by atoms with Crippen LogP contribution in [0.3, 0.4) is 0 Å². The molecule has 0 amide bonds. The van der Waals surface area contributed by atoms with E-state index >= 15 is 0 Å². The summed E-state index contributed by atoms with van der Waals surface area (Å²) in [6.45, 7) is 4.47. The van der Waals surface area contributed by atoms with Gasteiger partial charge in [-0.3, -0.25) is 4.79 Å². The Hall–Kier alpha value is -1.79. The number of carbonyl (C=O) groups excluding carboxylic acids is 1. The largest absolute Gasteiger partial charge is 0.466 e. The first-order valence-electron chi connectivity index (χ1n) is 9.32. The molecule has 0 aliphatic carbocycles. The number of hydrogen-bond donors (Lipinski definition) is 0. The molecule has 0 N–H and O–H groups in total. The minimum absolute atomic E-state index is 0.0971. The molecular weight excluding hydrogens is 296 g/mol. The summed E-state index contributed by atoms with van der Waals surface area (Å²) in [5.74, 6) is -0.0971. The Balaban J connectivity index is 3.53. The molecule has 0 spiro atoms. The summed E-state index contributed by atoms with van der Waals surface area (Å²) in [7, 11) is 0. The van der Waals surface area contributed by atoms with Gasteiger partial charge in [-0.25, -0.2) is 0 Å². The molecule has 0 aliphatic rings. The fourth-order valence-corrected chi connectivity index (χ4v) is 2.04. The fourth-order valence-electron chi connectivity index (χ4n) is 2.04. The van der Waals surface area contributed by atoms with Gasteiger partial charge in [0.1, 0.15) is 0 Å². The van der Waals surface area contributed by atoms with Gasteiger partial charge in [0.2, 0.25) is 0 Å². The van der Waals surface area contributed by atoms with E-state index in [-0.39, 0.29) is 5.97 Å². The lowest BCUT2D eigenvalue weighted by atomic mass is 10.2. The van der Waals surface area contributed by atoms with Gasteiger partial charge in [0.25, 0.3) is 0 Å². The monoisotopic (exact) mass is 330 g/mol. The molecule has 2 nitrogen and oxygen atoms in total. The smallest absolute Gasteiger partial charge is 0.305 e. The zero-order valence-electron chi connectivity index (χ0n) is 15.5. The van der Waals surface area contributed by atoms with Crippen LogP contribution in [-0.2, 0) is 9.53 Å². The predicted octanol–water partition coefficient (Wildman–Crippen LogP) is 6.46. The summed E-state index contributed by atoms with van der Waals surface area (Å²) in [5, 5.41) is 0. The summed E-state index contributed by atoms with van der Waals surface area (Å²) in [6.07, 6.45) is 26.1. The standard InChI is InChI=1S/C22H34O2/c1-3-5-6-7-8-9-10-11-12-13-14-15-16-17-18-19-20-21-22(23)24-4-2/h5-6,11,13-15,17-18H,3-4,7-10,16,19-21H2,1-2H3/b6-5+,15-14+,18-17+. The molecule has 0 heterocycles. The Morgan fingerprint density at radius 2 is 1.67 bits per heavy atom. The number of hydrogen-bond acceptors (Lipinski definition) is 2. The summed E-state index contributed by atoms with van der Waals surface area (Å²) < 4.78 is 4.88. The minimum Gasteiger partial charge on any atom is -0.466 e. The number of rotatable bonds is 14. The highest BCUT2D eigenvalue weighted by atomic mass is 16.5. The van der Waals surface area contributed by atoms with Crippen molar-refractivity contribution in [2.24, 2.45) is 0 Å². The van der Waals surface area contributed by atoms with E-state index in [4.69, 9.17) is 4.74 Å². The van der Waals surface area contributed by atoms with Gasteiger partial charge in [0.15, 0.2) is 0 Å². The van der Waals surface area contributed by atoms with Gasteiger partial charge in [-0.15, -0.1) is 5.73 Å². The van der Waals surface area contributed by atoms with Gasteiger partial charge >= 0.3 is 5.97 Å². The molecule has 0 radical (unpaired) electrons. The molecule has 0 unspecified atom stereocenters. The molecule has 0 aromatic rings. The van der Waals surface area contributed by atoms with Crippen LogP contribution in [-0.4, -0.2) is 12.6 Å². The Kier molecular flexibility index (Phi) is 17.8. The van der Waals surface area contributed by atoms with Crippen molar-refractivity contribution in [3.63, 3.8) is 0 Å². The highest BCUT2D eigenvalue weighted by molar-refractivity contribution is 5.69. The van der Waals surface area contributed by atoms with Crippen molar-refractivity contribution < 1.29 is 9.53 Å². The summed E-state index contributed by atoms with van der Waals surface area (Å²) >= 11 is 0. The van der Waals surface area contributed by atoms with E-state index in [0.29, 0.717) is 13.0 Å². The Bertz CT molecular complexity index is 435. The molecular formula is C22H34O2. The Morgan fingerprint density at radius 3 is 2.46 bits per heavy atom. The average Bonchev–Trinajstić information content (AvgIpc) is 2.58. The summed E-state index contributed by atoms with van der Waals surface area (Å²) in [5.41, 5.74) is 3.19. The van der Waals surface area contributed by atoms with E-state index in [1.807, 2.05) is 19.1 Å². The van der Waals surface area contributed by atoms with Crippen LogP contribution in [0.15, 0.2) is 54.3 Å². The van der Waals surface area contributed by atoms with Crippen molar-refractivity contribution >= 4 is 5.97 Å². The van der Waals surface area contributed by atoms with Crippen molar-refractivity contribution in [2.75, 3.05) is 6.61 Å². The van der Waals surface area contributed by atoms with Crippen LogP contribution < -0.4 is 0 Å². The third kappa shape index (κ3) is 18.3. The van der Waals surface area contributed by atoms with Gasteiger partial charge < -0.3 is 4.74 Å². The van der Waals surface area contributed by atoms with Crippen LogP contribution in [0.2, 0.25) is 0 Å². The van der Waals surface area contributed by atoms with Crippen molar-refractivity contribution in [1.29, 1.82) is 0 Å². The number of unbranched alkanes of at least 4 members (excludes halogenated alkanes) is 4. The van der Waals surface area contributed by atoms with Gasteiger partial charge in [-0.1, -0.05) is 43.4 Å². The molecule has 134 valence electrons. The van der Waals surface area contributed by atoms with Gasteiger partial charge in [-0.05, 0) is 70.4 Å². The second-order valence-corrected chi connectivity index (χ2v) is 5.53. The summed E-state index contributed by atoms with van der Waals surface area (Å²) in [6, 6.07) is 0. The molecule has 0 bridgehead atoms. The van der Waals surface area contributed by atoms with Crippen LogP contribution in [0.4, 0.5) is 0 Å². The average molecular weight is 331 g/mol. The van der Waals surface area contributed by atoms with Crippen molar-refractivity contribution in [1.82, 2.24) is 0 Å². The third-order valence-corrected chi connectivity index (χ3v) is 3.31.